The monoisotopic (exact) mass is 316 g/mol. The Kier molecular flexibility index (Phi) is 4.09. The van der Waals surface area contributed by atoms with Crippen molar-refractivity contribution >= 4 is 23.2 Å². The highest BCUT2D eigenvalue weighted by molar-refractivity contribution is 6.08. The van der Waals surface area contributed by atoms with Gasteiger partial charge in [0.25, 0.3) is 0 Å². The summed E-state index contributed by atoms with van der Waals surface area (Å²) in [6, 6.07) is 10.2. The molecule has 0 aromatic heterocycles. The van der Waals surface area contributed by atoms with Crippen LogP contribution in [0.4, 0.5) is 15.8 Å². The Labute approximate surface area is 131 Å². The summed E-state index contributed by atoms with van der Waals surface area (Å²) in [6.45, 7) is 0.146. The molecule has 6 nitrogen and oxygen atoms in total. The molecule has 0 bridgehead atoms. The molecule has 0 aliphatic carbocycles. The van der Waals surface area contributed by atoms with Crippen LogP contribution in [0, 0.1) is 5.82 Å². The summed E-state index contributed by atoms with van der Waals surface area (Å²) in [6.07, 6.45) is -0.355. The van der Waals surface area contributed by atoms with Crippen molar-refractivity contribution in [3.8, 4) is 11.5 Å². The summed E-state index contributed by atoms with van der Waals surface area (Å²) >= 11 is 0. The largest absolute Gasteiger partial charge is 0.454 e. The minimum atomic E-state index is -0.491. The molecule has 1 aliphatic heterocycles. The van der Waals surface area contributed by atoms with Gasteiger partial charge in [-0.25, -0.2) is 4.39 Å². The van der Waals surface area contributed by atoms with Crippen LogP contribution in [0.1, 0.15) is 6.42 Å². The van der Waals surface area contributed by atoms with Crippen molar-refractivity contribution in [3.05, 3.63) is 48.3 Å². The van der Waals surface area contributed by atoms with Gasteiger partial charge in [-0.1, -0.05) is 0 Å². The Morgan fingerprint density at radius 3 is 2.26 bits per heavy atom. The van der Waals surface area contributed by atoms with Gasteiger partial charge in [-0.15, -0.1) is 0 Å². The van der Waals surface area contributed by atoms with E-state index in [1.807, 2.05) is 0 Å². The minimum Gasteiger partial charge on any atom is -0.454 e. The zero-order valence-electron chi connectivity index (χ0n) is 12.0. The van der Waals surface area contributed by atoms with Gasteiger partial charge in [0.05, 0.1) is 0 Å². The van der Waals surface area contributed by atoms with Crippen molar-refractivity contribution in [1.29, 1.82) is 0 Å². The SMILES string of the molecule is O=C(CC(=O)Nc1ccc2c(c1)OCO2)Nc1ccc(F)cc1. The van der Waals surface area contributed by atoms with E-state index in [9.17, 15) is 14.0 Å². The number of hydrogen-bond acceptors (Lipinski definition) is 4. The summed E-state index contributed by atoms with van der Waals surface area (Å²) < 4.78 is 23.2. The topological polar surface area (TPSA) is 76.7 Å². The standard InChI is InChI=1S/C16H13FN2O4/c17-10-1-3-11(4-2-10)18-15(20)8-16(21)19-12-5-6-13-14(7-12)23-9-22-13/h1-7H,8-9H2,(H,18,20)(H,19,21). The highest BCUT2D eigenvalue weighted by atomic mass is 19.1. The second-order valence-corrected chi connectivity index (χ2v) is 4.85. The minimum absolute atomic E-state index is 0.146. The van der Waals surface area contributed by atoms with Gasteiger partial charge in [0, 0.05) is 17.4 Å². The molecule has 0 saturated heterocycles. The first-order chi connectivity index (χ1) is 11.1. The van der Waals surface area contributed by atoms with E-state index in [2.05, 4.69) is 10.6 Å². The number of halogens is 1. The van der Waals surface area contributed by atoms with Crippen LogP contribution in [0.3, 0.4) is 0 Å². The van der Waals surface area contributed by atoms with Crippen molar-refractivity contribution in [2.24, 2.45) is 0 Å². The number of benzene rings is 2. The van der Waals surface area contributed by atoms with Crippen LogP contribution in [-0.2, 0) is 9.59 Å². The summed E-state index contributed by atoms with van der Waals surface area (Å²) in [5, 5.41) is 5.12. The Hall–Kier alpha value is -3.09. The van der Waals surface area contributed by atoms with Crippen LogP contribution in [0.5, 0.6) is 11.5 Å². The summed E-state index contributed by atoms with van der Waals surface area (Å²) in [5.74, 6) is -0.211. The average molecular weight is 316 g/mol. The van der Waals surface area contributed by atoms with E-state index in [1.54, 1.807) is 18.2 Å². The Balaban J connectivity index is 1.54. The van der Waals surface area contributed by atoms with Gasteiger partial charge in [-0.05, 0) is 36.4 Å². The molecule has 0 fully saturated rings. The maximum atomic E-state index is 12.8. The number of carbonyl (C=O) groups is 2. The lowest BCUT2D eigenvalue weighted by Crippen LogP contribution is -2.21. The van der Waals surface area contributed by atoms with Crippen molar-refractivity contribution in [2.75, 3.05) is 17.4 Å². The van der Waals surface area contributed by atoms with Gasteiger partial charge in [-0.2, -0.15) is 0 Å². The molecule has 2 aromatic rings. The van der Waals surface area contributed by atoms with Crippen molar-refractivity contribution in [2.45, 2.75) is 6.42 Å². The molecule has 7 heteroatoms. The summed E-state index contributed by atoms with van der Waals surface area (Å²) in [7, 11) is 0. The predicted molar refractivity (Wildman–Crippen MR) is 80.8 cm³/mol. The predicted octanol–water partition coefficient (Wildman–Crippen LogP) is 2.52. The van der Waals surface area contributed by atoms with Crippen LogP contribution in [-0.4, -0.2) is 18.6 Å². The molecule has 0 spiro atoms. The second-order valence-electron chi connectivity index (χ2n) is 4.85. The zero-order valence-corrected chi connectivity index (χ0v) is 12.0. The van der Waals surface area contributed by atoms with Gasteiger partial charge in [-0.3, -0.25) is 9.59 Å². The molecular formula is C16H13FN2O4. The molecule has 2 N–H and O–H groups in total. The third-order valence-electron chi connectivity index (χ3n) is 3.11. The number of rotatable bonds is 4. The smallest absolute Gasteiger partial charge is 0.233 e. The normalized spacial score (nSPS) is 11.9. The molecule has 2 amide bonds. The van der Waals surface area contributed by atoms with Crippen LogP contribution in [0.25, 0.3) is 0 Å². The molecule has 1 heterocycles. The number of anilines is 2. The maximum absolute atomic E-state index is 12.8. The molecule has 3 rings (SSSR count). The number of nitrogens with one attached hydrogen (secondary N) is 2. The van der Waals surface area contributed by atoms with Crippen molar-refractivity contribution < 1.29 is 23.5 Å². The first-order valence-electron chi connectivity index (χ1n) is 6.85. The third-order valence-corrected chi connectivity index (χ3v) is 3.11. The average Bonchev–Trinajstić information content (AvgIpc) is 2.97. The fraction of sp³-hybridized carbons (Fsp3) is 0.125. The van der Waals surface area contributed by atoms with E-state index in [1.165, 1.54) is 24.3 Å². The highest BCUT2D eigenvalue weighted by Crippen LogP contribution is 2.34. The van der Waals surface area contributed by atoms with Crippen molar-refractivity contribution in [1.82, 2.24) is 0 Å². The van der Waals surface area contributed by atoms with E-state index in [-0.39, 0.29) is 13.2 Å². The van der Waals surface area contributed by atoms with Gasteiger partial charge in [0.2, 0.25) is 18.6 Å². The first-order valence-corrected chi connectivity index (χ1v) is 6.85. The van der Waals surface area contributed by atoms with Crippen LogP contribution < -0.4 is 20.1 Å². The van der Waals surface area contributed by atoms with Gasteiger partial charge in [0.1, 0.15) is 12.2 Å². The Morgan fingerprint density at radius 2 is 1.52 bits per heavy atom. The van der Waals surface area contributed by atoms with E-state index >= 15 is 0 Å². The second kappa shape index (κ2) is 6.35. The van der Waals surface area contributed by atoms with Crippen LogP contribution in [0.15, 0.2) is 42.5 Å². The Bertz CT molecular complexity index is 746. The van der Waals surface area contributed by atoms with E-state index in [4.69, 9.17) is 9.47 Å². The molecule has 2 aromatic carbocycles. The van der Waals surface area contributed by atoms with E-state index in [0.717, 1.165) is 0 Å². The van der Waals surface area contributed by atoms with Gasteiger partial charge < -0.3 is 20.1 Å². The lowest BCUT2D eigenvalue weighted by Gasteiger charge is -2.07. The molecule has 0 unspecified atom stereocenters. The lowest BCUT2D eigenvalue weighted by molar-refractivity contribution is -0.123. The maximum Gasteiger partial charge on any atom is 0.233 e. The molecular weight excluding hydrogens is 303 g/mol. The molecule has 0 saturated carbocycles. The molecule has 1 aliphatic rings. The summed E-state index contributed by atoms with van der Waals surface area (Å²) in [5.41, 5.74) is 0.932. The van der Waals surface area contributed by atoms with E-state index < -0.39 is 17.6 Å². The van der Waals surface area contributed by atoms with Crippen LogP contribution in [0.2, 0.25) is 0 Å². The highest BCUT2D eigenvalue weighted by Gasteiger charge is 2.15. The number of carbonyl (C=O) groups excluding carboxylic acids is 2. The molecule has 0 radical (unpaired) electrons. The molecule has 23 heavy (non-hydrogen) atoms. The third kappa shape index (κ3) is 3.76. The van der Waals surface area contributed by atoms with Crippen molar-refractivity contribution in [3.63, 3.8) is 0 Å². The van der Waals surface area contributed by atoms with Gasteiger partial charge in [0.15, 0.2) is 11.5 Å². The van der Waals surface area contributed by atoms with Crippen LogP contribution >= 0.6 is 0 Å². The summed E-state index contributed by atoms with van der Waals surface area (Å²) in [4.78, 5) is 23.6. The fourth-order valence-corrected chi connectivity index (χ4v) is 2.06. The first kappa shape index (κ1) is 14.8. The number of ether oxygens (including phenoxy) is 2. The van der Waals surface area contributed by atoms with E-state index in [0.29, 0.717) is 22.9 Å². The van der Waals surface area contributed by atoms with Gasteiger partial charge >= 0.3 is 0 Å². The Morgan fingerprint density at radius 1 is 0.913 bits per heavy atom. The lowest BCUT2D eigenvalue weighted by atomic mass is 10.2. The quantitative estimate of drug-likeness (QED) is 0.850. The zero-order chi connectivity index (χ0) is 16.2. The molecule has 118 valence electrons. The number of hydrogen-bond donors (Lipinski definition) is 2. The molecule has 0 atom stereocenters. The number of fused-ring (bicyclic) bond motifs is 1. The fourth-order valence-electron chi connectivity index (χ4n) is 2.06. The number of amides is 2.